The van der Waals surface area contributed by atoms with E-state index in [-0.39, 0.29) is 0 Å². The van der Waals surface area contributed by atoms with Crippen LogP contribution >= 0.6 is 0 Å². The maximum absolute atomic E-state index is 5.47. The summed E-state index contributed by atoms with van der Waals surface area (Å²) < 4.78 is 4.86. The Morgan fingerprint density at radius 1 is 1.86 bits per heavy atom. The molecule has 1 aliphatic carbocycles. The van der Waals surface area contributed by atoms with Crippen LogP contribution in [0.3, 0.4) is 0 Å². The molecule has 0 amide bonds. The minimum Gasteiger partial charge on any atom is -0.384 e. The van der Waals surface area contributed by atoms with Crippen molar-refractivity contribution in [2.45, 2.75) is 12.5 Å². The Bertz CT molecular complexity index is 65.1. The third-order valence-corrected chi connectivity index (χ3v) is 1.36. The molecule has 0 aliphatic heterocycles. The Morgan fingerprint density at radius 3 is 2.57 bits per heavy atom. The molecule has 42 valence electrons. The third kappa shape index (κ3) is 1.14. The smallest absolute Gasteiger partial charge is 0.0505 e. The lowest BCUT2D eigenvalue weighted by Crippen LogP contribution is -2.05. The number of rotatable bonds is 2. The zero-order valence-corrected chi connectivity index (χ0v) is 4.55. The minimum absolute atomic E-state index is 0.444. The fourth-order valence-corrected chi connectivity index (χ4v) is 0.677. The number of nitrogens with two attached hydrogens (primary N) is 1. The molecule has 2 nitrogen and oxygen atoms in total. The first-order valence-electron chi connectivity index (χ1n) is 2.59. The van der Waals surface area contributed by atoms with Crippen molar-refractivity contribution in [2.75, 3.05) is 13.7 Å². The zero-order chi connectivity index (χ0) is 5.28. The number of methoxy groups -OCH3 is 1. The van der Waals surface area contributed by atoms with Gasteiger partial charge >= 0.3 is 0 Å². The predicted octanol–water partition coefficient (Wildman–Crippen LogP) is -0.0200. The summed E-state index contributed by atoms with van der Waals surface area (Å²) in [4.78, 5) is 0. The van der Waals surface area contributed by atoms with Gasteiger partial charge in [-0.3, -0.25) is 0 Å². The van der Waals surface area contributed by atoms with Crippen molar-refractivity contribution < 1.29 is 4.74 Å². The lowest BCUT2D eigenvalue weighted by molar-refractivity contribution is 0.184. The monoisotopic (exact) mass is 101 g/mol. The molecular formula is C5H11NO. The second-order valence-corrected chi connectivity index (χ2v) is 2.11. The lowest BCUT2D eigenvalue weighted by atomic mass is 10.4. The van der Waals surface area contributed by atoms with Crippen molar-refractivity contribution in [1.82, 2.24) is 0 Å². The average molecular weight is 101 g/mol. The molecule has 2 N–H and O–H groups in total. The predicted molar refractivity (Wildman–Crippen MR) is 28.0 cm³/mol. The first kappa shape index (κ1) is 5.06. The Labute approximate surface area is 43.6 Å². The van der Waals surface area contributed by atoms with E-state index in [9.17, 15) is 0 Å². The first-order valence-corrected chi connectivity index (χ1v) is 2.59. The number of hydrogen-bond acceptors (Lipinski definition) is 2. The molecule has 0 spiro atoms. The maximum atomic E-state index is 5.47. The van der Waals surface area contributed by atoms with Gasteiger partial charge < -0.3 is 10.5 Å². The SMILES string of the molecule is COC[C@@H]1C[C@@H]1N. The topological polar surface area (TPSA) is 35.2 Å². The summed E-state index contributed by atoms with van der Waals surface area (Å²) in [6, 6.07) is 0.444. The van der Waals surface area contributed by atoms with E-state index in [4.69, 9.17) is 10.5 Å². The van der Waals surface area contributed by atoms with E-state index in [1.807, 2.05) is 0 Å². The van der Waals surface area contributed by atoms with Gasteiger partial charge in [0.1, 0.15) is 0 Å². The Morgan fingerprint density at radius 2 is 2.43 bits per heavy atom. The summed E-state index contributed by atoms with van der Waals surface area (Å²) in [5.41, 5.74) is 5.47. The van der Waals surface area contributed by atoms with Crippen LogP contribution in [-0.2, 0) is 4.74 Å². The summed E-state index contributed by atoms with van der Waals surface area (Å²) in [5, 5.41) is 0. The van der Waals surface area contributed by atoms with Gasteiger partial charge in [-0.1, -0.05) is 0 Å². The van der Waals surface area contributed by atoms with Crippen LogP contribution in [0.2, 0.25) is 0 Å². The Balaban J connectivity index is 1.98. The van der Waals surface area contributed by atoms with Gasteiger partial charge in [0.25, 0.3) is 0 Å². The van der Waals surface area contributed by atoms with Crippen LogP contribution in [-0.4, -0.2) is 19.8 Å². The molecule has 1 aliphatic rings. The standard InChI is InChI=1S/C5H11NO/c1-7-3-4-2-5(4)6/h4-5H,2-3,6H2,1H3/t4-,5-/m0/s1. The van der Waals surface area contributed by atoms with Gasteiger partial charge in [-0.25, -0.2) is 0 Å². The van der Waals surface area contributed by atoms with Crippen molar-refractivity contribution in [2.24, 2.45) is 11.7 Å². The van der Waals surface area contributed by atoms with Crippen LogP contribution in [0.5, 0.6) is 0 Å². The van der Waals surface area contributed by atoms with E-state index < -0.39 is 0 Å². The van der Waals surface area contributed by atoms with Crippen molar-refractivity contribution in [3.05, 3.63) is 0 Å². The molecule has 0 aromatic heterocycles. The molecule has 2 heteroatoms. The number of ether oxygens (including phenoxy) is 1. The Hall–Kier alpha value is -0.0800. The van der Waals surface area contributed by atoms with Crippen LogP contribution in [0.15, 0.2) is 0 Å². The van der Waals surface area contributed by atoms with E-state index in [0.717, 1.165) is 13.0 Å². The molecule has 2 atom stereocenters. The largest absolute Gasteiger partial charge is 0.384 e. The van der Waals surface area contributed by atoms with Gasteiger partial charge in [0.2, 0.25) is 0 Å². The Kier molecular flexibility index (Phi) is 1.30. The fraction of sp³-hybridized carbons (Fsp3) is 1.00. The molecule has 0 unspecified atom stereocenters. The fourth-order valence-electron chi connectivity index (χ4n) is 0.677. The van der Waals surface area contributed by atoms with Crippen LogP contribution in [0.4, 0.5) is 0 Å². The van der Waals surface area contributed by atoms with Crippen molar-refractivity contribution in [1.29, 1.82) is 0 Å². The molecule has 0 bridgehead atoms. The molecule has 1 saturated carbocycles. The maximum Gasteiger partial charge on any atom is 0.0505 e. The highest BCUT2D eigenvalue weighted by Crippen LogP contribution is 2.27. The zero-order valence-electron chi connectivity index (χ0n) is 4.55. The van der Waals surface area contributed by atoms with Crippen LogP contribution in [0, 0.1) is 5.92 Å². The quantitative estimate of drug-likeness (QED) is 0.530. The summed E-state index contributed by atoms with van der Waals surface area (Å²) in [7, 11) is 1.71. The molecule has 0 aromatic carbocycles. The minimum atomic E-state index is 0.444. The summed E-state index contributed by atoms with van der Waals surface area (Å²) in [6.07, 6.45) is 1.16. The second kappa shape index (κ2) is 1.80. The molecule has 0 radical (unpaired) electrons. The summed E-state index contributed by atoms with van der Waals surface area (Å²) in [5.74, 6) is 0.671. The van der Waals surface area contributed by atoms with Crippen molar-refractivity contribution >= 4 is 0 Å². The molecule has 7 heavy (non-hydrogen) atoms. The molecule has 1 fully saturated rings. The van der Waals surface area contributed by atoms with Gasteiger partial charge in [0.15, 0.2) is 0 Å². The highest BCUT2D eigenvalue weighted by molar-refractivity contribution is 4.89. The van der Waals surface area contributed by atoms with E-state index in [1.165, 1.54) is 0 Å². The first-order chi connectivity index (χ1) is 3.34. The highest BCUT2D eigenvalue weighted by atomic mass is 16.5. The molecule has 0 heterocycles. The van der Waals surface area contributed by atoms with E-state index in [2.05, 4.69) is 0 Å². The highest BCUT2D eigenvalue weighted by Gasteiger charge is 2.32. The van der Waals surface area contributed by atoms with Crippen LogP contribution in [0.1, 0.15) is 6.42 Å². The molecule has 0 saturated heterocycles. The van der Waals surface area contributed by atoms with Crippen LogP contribution in [0.25, 0.3) is 0 Å². The third-order valence-electron chi connectivity index (χ3n) is 1.36. The average Bonchev–Trinajstić information content (AvgIpc) is 2.22. The molecule has 1 rings (SSSR count). The van der Waals surface area contributed by atoms with Crippen molar-refractivity contribution in [3.8, 4) is 0 Å². The van der Waals surface area contributed by atoms with Gasteiger partial charge in [-0.05, 0) is 12.3 Å². The van der Waals surface area contributed by atoms with Gasteiger partial charge in [0, 0.05) is 13.2 Å². The molecule has 0 aromatic rings. The van der Waals surface area contributed by atoms with E-state index >= 15 is 0 Å². The van der Waals surface area contributed by atoms with Gasteiger partial charge in [0.05, 0.1) is 6.61 Å². The van der Waals surface area contributed by atoms with Crippen LogP contribution < -0.4 is 5.73 Å². The number of hydrogen-bond donors (Lipinski definition) is 1. The summed E-state index contributed by atoms with van der Waals surface area (Å²) in [6.45, 7) is 0.848. The van der Waals surface area contributed by atoms with E-state index in [1.54, 1.807) is 7.11 Å². The van der Waals surface area contributed by atoms with Gasteiger partial charge in [-0.15, -0.1) is 0 Å². The normalized spacial score (nSPS) is 38.6. The molecular weight excluding hydrogens is 90.1 g/mol. The second-order valence-electron chi connectivity index (χ2n) is 2.11. The van der Waals surface area contributed by atoms with E-state index in [0.29, 0.717) is 12.0 Å². The van der Waals surface area contributed by atoms with Crippen molar-refractivity contribution in [3.63, 3.8) is 0 Å². The van der Waals surface area contributed by atoms with Gasteiger partial charge in [-0.2, -0.15) is 0 Å². The summed E-state index contributed by atoms with van der Waals surface area (Å²) >= 11 is 0. The lowest BCUT2D eigenvalue weighted by Gasteiger charge is -1.89.